The molecule has 0 aliphatic heterocycles. The van der Waals surface area contributed by atoms with Crippen LogP contribution in [0.15, 0.2) is 48.5 Å². The van der Waals surface area contributed by atoms with Gasteiger partial charge in [0, 0.05) is 19.8 Å². The Morgan fingerprint density at radius 3 is 2.21 bits per heavy atom. The van der Waals surface area contributed by atoms with Gasteiger partial charge in [0.05, 0.1) is 7.11 Å². The molecular weight excluding hydrogens is 234 g/mol. The van der Waals surface area contributed by atoms with E-state index in [2.05, 4.69) is 47.4 Å². The van der Waals surface area contributed by atoms with Gasteiger partial charge in [0.1, 0.15) is 5.75 Å². The van der Waals surface area contributed by atoms with Crippen molar-refractivity contribution in [2.75, 3.05) is 26.1 Å². The SMILES string of the molecule is COc1cccc(/C=C/c2ccc(N(C)C)cc2)c1. The van der Waals surface area contributed by atoms with Crippen LogP contribution in [-0.2, 0) is 0 Å². The Morgan fingerprint density at radius 1 is 0.895 bits per heavy atom. The molecule has 0 fully saturated rings. The smallest absolute Gasteiger partial charge is 0.119 e. The molecule has 19 heavy (non-hydrogen) atoms. The standard InChI is InChI=1S/C17H19NO/c1-18(2)16-11-9-14(10-12-16)7-8-15-5-4-6-17(13-15)19-3/h4-13H,1-3H3/b8-7+. The van der Waals surface area contributed by atoms with E-state index in [9.17, 15) is 0 Å². The Bertz CT molecular complexity index is 556. The van der Waals surface area contributed by atoms with Gasteiger partial charge in [-0.05, 0) is 35.4 Å². The van der Waals surface area contributed by atoms with Gasteiger partial charge >= 0.3 is 0 Å². The molecule has 0 aliphatic carbocycles. The topological polar surface area (TPSA) is 12.5 Å². The second-order valence-corrected chi connectivity index (χ2v) is 4.60. The third-order valence-electron chi connectivity index (χ3n) is 2.97. The second-order valence-electron chi connectivity index (χ2n) is 4.60. The average molecular weight is 253 g/mol. The highest BCUT2D eigenvalue weighted by molar-refractivity contribution is 5.71. The van der Waals surface area contributed by atoms with E-state index in [1.165, 1.54) is 11.3 Å². The second kappa shape index (κ2) is 6.10. The lowest BCUT2D eigenvalue weighted by atomic mass is 10.1. The van der Waals surface area contributed by atoms with E-state index in [0.29, 0.717) is 0 Å². The first-order valence-corrected chi connectivity index (χ1v) is 6.28. The zero-order chi connectivity index (χ0) is 13.7. The largest absolute Gasteiger partial charge is 0.497 e. The Hall–Kier alpha value is -2.22. The van der Waals surface area contributed by atoms with E-state index in [1.807, 2.05) is 32.3 Å². The van der Waals surface area contributed by atoms with Crippen molar-refractivity contribution in [3.05, 3.63) is 59.7 Å². The summed E-state index contributed by atoms with van der Waals surface area (Å²) in [4.78, 5) is 2.09. The fraction of sp³-hybridized carbons (Fsp3) is 0.176. The van der Waals surface area contributed by atoms with Crippen molar-refractivity contribution >= 4 is 17.8 Å². The number of hydrogen-bond acceptors (Lipinski definition) is 2. The summed E-state index contributed by atoms with van der Waals surface area (Å²) < 4.78 is 5.21. The molecule has 0 amide bonds. The zero-order valence-corrected chi connectivity index (χ0v) is 11.6. The molecule has 0 bridgehead atoms. The molecule has 0 unspecified atom stereocenters. The number of hydrogen-bond donors (Lipinski definition) is 0. The first-order valence-electron chi connectivity index (χ1n) is 6.28. The van der Waals surface area contributed by atoms with E-state index < -0.39 is 0 Å². The average Bonchev–Trinajstić information content (AvgIpc) is 2.46. The van der Waals surface area contributed by atoms with Crippen molar-refractivity contribution in [1.82, 2.24) is 0 Å². The minimum absolute atomic E-state index is 0.880. The van der Waals surface area contributed by atoms with Crippen molar-refractivity contribution in [1.29, 1.82) is 0 Å². The first kappa shape index (κ1) is 13.2. The number of methoxy groups -OCH3 is 1. The van der Waals surface area contributed by atoms with Crippen LogP contribution in [0, 0.1) is 0 Å². The summed E-state index contributed by atoms with van der Waals surface area (Å²) in [6.07, 6.45) is 4.20. The van der Waals surface area contributed by atoms with Gasteiger partial charge in [-0.3, -0.25) is 0 Å². The van der Waals surface area contributed by atoms with E-state index in [-0.39, 0.29) is 0 Å². The molecule has 0 saturated heterocycles. The lowest BCUT2D eigenvalue weighted by Gasteiger charge is -2.11. The molecule has 0 aromatic heterocycles. The third-order valence-corrected chi connectivity index (χ3v) is 2.97. The number of ether oxygens (including phenoxy) is 1. The lowest BCUT2D eigenvalue weighted by molar-refractivity contribution is 0.414. The first-order chi connectivity index (χ1) is 9.19. The van der Waals surface area contributed by atoms with Gasteiger partial charge in [-0.1, -0.05) is 36.4 Å². The normalized spacial score (nSPS) is 10.7. The van der Waals surface area contributed by atoms with Gasteiger partial charge in [0.25, 0.3) is 0 Å². The highest BCUT2D eigenvalue weighted by Gasteiger charge is 1.94. The van der Waals surface area contributed by atoms with E-state index in [4.69, 9.17) is 4.74 Å². The maximum Gasteiger partial charge on any atom is 0.119 e. The molecule has 0 spiro atoms. The molecule has 0 saturated carbocycles. The molecule has 98 valence electrons. The summed E-state index contributed by atoms with van der Waals surface area (Å²) in [7, 11) is 5.77. The lowest BCUT2D eigenvalue weighted by Crippen LogP contribution is -2.07. The summed E-state index contributed by atoms with van der Waals surface area (Å²) in [5, 5.41) is 0. The van der Waals surface area contributed by atoms with Gasteiger partial charge in [-0.25, -0.2) is 0 Å². The molecule has 2 nitrogen and oxygen atoms in total. The summed E-state index contributed by atoms with van der Waals surface area (Å²) >= 11 is 0. The molecule has 0 atom stereocenters. The van der Waals surface area contributed by atoms with Crippen molar-refractivity contribution in [2.45, 2.75) is 0 Å². The van der Waals surface area contributed by atoms with Crippen molar-refractivity contribution < 1.29 is 4.74 Å². The number of rotatable bonds is 4. The maximum absolute atomic E-state index is 5.21. The van der Waals surface area contributed by atoms with Gasteiger partial charge in [0.2, 0.25) is 0 Å². The van der Waals surface area contributed by atoms with E-state index >= 15 is 0 Å². The molecule has 0 radical (unpaired) electrons. The summed E-state index contributed by atoms with van der Waals surface area (Å²) in [6.45, 7) is 0. The number of nitrogens with zero attached hydrogens (tertiary/aromatic N) is 1. The summed E-state index contributed by atoms with van der Waals surface area (Å²) in [5.74, 6) is 0.880. The van der Waals surface area contributed by atoms with Crippen LogP contribution in [0.5, 0.6) is 5.75 Å². The van der Waals surface area contributed by atoms with Crippen LogP contribution in [0.1, 0.15) is 11.1 Å². The Labute approximate surface area is 114 Å². The van der Waals surface area contributed by atoms with Crippen LogP contribution in [0.2, 0.25) is 0 Å². The number of anilines is 1. The van der Waals surface area contributed by atoms with Crippen molar-refractivity contribution in [2.24, 2.45) is 0 Å². The summed E-state index contributed by atoms with van der Waals surface area (Å²) in [6, 6.07) is 16.5. The molecule has 2 aromatic carbocycles. The molecule has 0 N–H and O–H groups in total. The van der Waals surface area contributed by atoms with Crippen LogP contribution in [0.3, 0.4) is 0 Å². The molecule has 2 rings (SSSR count). The number of benzene rings is 2. The van der Waals surface area contributed by atoms with Crippen LogP contribution in [-0.4, -0.2) is 21.2 Å². The van der Waals surface area contributed by atoms with E-state index in [1.54, 1.807) is 7.11 Å². The van der Waals surface area contributed by atoms with Crippen molar-refractivity contribution in [3.8, 4) is 5.75 Å². The fourth-order valence-electron chi connectivity index (χ4n) is 1.82. The predicted octanol–water partition coefficient (Wildman–Crippen LogP) is 3.93. The van der Waals surface area contributed by atoms with Crippen molar-refractivity contribution in [3.63, 3.8) is 0 Å². The summed E-state index contributed by atoms with van der Waals surface area (Å²) in [5.41, 5.74) is 3.53. The highest BCUT2D eigenvalue weighted by Crippen LogP contribution is 2.17. The molecule has 2 aromatic rings. The minimum Gasteiger partial charge on any atom is -0.497 e. The predicted molar refractivity (Wildman–Crippen MR) is 82.7 cm³/mol. The third kappa shape index (κ3) is 3.62. The molecule has 2 heteroatoms. The zero-order valence-electron chi connectivity index (χ0n) is 11.6. The van der Waals surface area contributed by atoms with Gasteiger partial charge in [-0.2, -0.15) is 0 Å². The van der Waals surface area contributed by atoms with Gasteiger partial charge in [0.15, 0.2) is 0 Å². The monoisotopic (exact) mass is 253 g/mol. The quantitative estimate of drug-likeness (QED) is 0.765. The van der Waals surface area contributed by atoms with Crippen LogP contribution < -0.4 is 9.64 Å². The Morgan fingerprint density at radius 2 is 1.58 bits per heavy atom. The molecular formula is C17H19NO. The minimum atomic E-state index is 0.880. The van der Waals surface area contributed by atoms with Gasteiger partial charge in [-0.15, -0.1) is 0 Å². The Kier molecular flexibility index (Phi) is 4.24. The highest BCUT2D eigenvalue weighted by atomic mass is 16.5. The van der Waals surface area contributed by atoms with Gasteiger partial charge < -0.3 is 9.64 Å². The maximum atomic E-state index is 5.21. The molecule has 0 heterocycles. The molecule has 0 aliphatic rings. The fourth-order valence-corrected chi connectivity index (χ4v) is 1.82. The van der Waals surface area contributed by atoms with Crippen LogP contribution >= 0.6 is 0 Å². The Balaban J connectivity index is 2.13. The van der Waals surface area contributed by atoms with Crippen LogP contribution in [0.4, 0.5) is 5.69 Å². The van der Waals surface area contributed by atoms with Crippen LogP contribution in [0.25, 0.3) is 12.2 Å². The van der Waals surface area contributed by atoms with E-state index in [0.717, 1.165) is 11.3 Å².